The fraction of sp³-hybridized carbons (Fsp3) is 0.381. The van der Waals surface area contributed by atoms with Gasteiger partial charge in [-0.25, -0.2) is 4.79 Å². The molecule has 0 heterocycles. The first kappa shape index (κ1) is 17.0. The molecule has 0 aromatic heterocycles. The summed E-state index contributed by atoms with van der Waals surface area (Å²) in [5.41, 5.74) is 3.28. The van der Waals surface area contributed by atoms with Crippen LogP contribution in [0.15, 0.2) is 48.5 Å². The lowest BCUT2D eigenvalue weighted by molar-refractivity contribution is 0.0734. The number of esters is 1. The lowest BCUT2D eigenvalue weighted by Gasteiger charge is -2.26. The van der Waals surface area contributed by atoms with Crippen molar-refractivity contribution in [2.24, 2.45) is 5.92 Å². The summed E-state index contributed by atoms with van der Waals surface area (Å²) in [6.07, 6.45) is 5.14. The van der Waals surface area contributed by atoms with E-state index < -0.39 is 0 Å². The third-order valence-corrected chi connectivity index (χ3v) is 5.99. The van der Waals surface area contributed by atoms with Gasteiger partial charge in [0, 0.05) is 10.2 Å². The molecule has 0 spiro atoms. The topological polar surface area (TPSA) is 26.3 Å². The molecule has 2 aromatic carbocycles. The number of benzene rings is 2. The third kappa shape index (κ3) is 4.15. The van der Waals surface area contributed by atoms with Crippen LogP contribution in [-0.4, -0.2) is 16.2 Å². The van der Waals surface area contributed by atoms with Gasteiger partial charge in [-0.3, -0.25) is 0 Å². The van der Waals surface area contributed by atoms with Gasteiger partial charge in [0.1, 0.15) is 5.75 Å². The van der Waals surface area contributed by atoms with Crippen molar-refractivity contribution in [2.75, 3.05) is 0 Å². The Kier molecular flexibility index (Phi) is 5.51. The largest absolute Gasteiger partial charge is 0.423 e. The Balaban J connectivity index is 1.62. The molecular formula is C21H26O2Si. The molecule has 126 valence electrons. The van der Waals surface area contributed by atoms with Gasteiger partial charge >= 0.3 is 5.97 Å². The molecule has 0 aliphatic heterocycles. The van der Waals surface area contributed by atoms with Gasteiger partial charge in [0.05, 0.1) is 5.56 Å². The monoisotopic (exact) mass is 338 g/mol. The highest BCUT2D eigenvalue weighted by Gasteiger charge is 2.20. The molecule has 1 fully saturated rings. The molecule has 3 rings (SSSR count). The molecule has 0 unspecified atom stereocenters. The standard InChI is InChI=1S/C21H26O2Si/c1-15-2-6-17(7-3-15)18-8-10-19(11-9-18)21(22)23-20-12-4-16(14-24)5-13-20/h4-5,8-13,15,17H,2-3,6-7,14H2,1,24H3. The smallest absolute Gasteiger partial charge is 0.343 e. The first-order chi connectivity index (χ1) is 11.7. The first-order valence-electron chi connectivity index (χ1n) is 9.06. The van der Waals surface area contributed by atoms with Crippen molar-refractivity contribution in [3.8, 4) is 5.75 Å². The van der Waals surface area contributed by atoms with E-state index in [1.54, 1.807) is 0 Å². The van der Waals surface area contributed by atoms with Crippen molar-refractivity contribution in [1.29, 1.82) is 0 Å². The minimum atomic E-state index is -0.280. The van der Waals surface area contributed by atoms with Crippen molar-refractivity contribution in [2.45, 2.75) is 44.6 Å². The minimum Gasteiger partial charge on any atom is -0.423 e. The van der Waals surface area contributed by atoms with Crippen LogP contribution >= 0.6 is 0 Å². The molecule has 0 bridgehead atoms. The Morgan fingerprint density at radius 2 is 1.62 bits per heavy atom. The van der Waals surface area contributed by atoms with E-state index in [2.05, 4.69) is 19.1 Å². The van der Waals surface area contributed by atoms with E-state index >= 15 is 0 Å². The van der Waals surface area contributed by atoms with E-state index in [1.165, 1.54) is 36.8 Å². The fourth-order valence-corrected chi connectivity index (χ4v) is 3.92. The highest BCUT2D eigenvalue weighted by Crippen LogP contribution is 2.35. The van der Waals surface area contributed by atoms with E-state index in [9.17, 15) is 4.79 Å². The average Bonchev–Trinajstić information content (AvgIpc) is 2.63. The molecule has 0 amide bonds. The number of rotatable bonds is 4. The number of carbonyl (C=O) groups excluding carboxylic acids is 1. The third-order valence-electron chi connectivity index (χ3n) is 5.18. The van der Waals surface area contributed by atoms with E-state index in [0.717, 1.165) is 22.2 Å². The second-order valence-electron chi connectivity index (χ2n) is 6.97. The Morgan fingerprint density at radius 1 is 1.00 bits per heavy atom. The van der Waals surface area contributed by atoms with Crippen molar-refractivity contribution in [1.82, 2.24) is 0 Å². The van der Waals surface area contributed by atoms with E-state index in [0.29, 0.717) is 17.2 Å². The van der Waals surface area contributed by atoms with Crippen LogP contribution in [0, 0.1) is 5.92 Å². The van der Waals surface area contributed by atoms with Crippen LogP contribution in [-0.2, 0) is 6.04 Å². The molecule has 0 atom stereocenters. The van der Waals surface area contributed by atoms with Crippen LogP contribution in [0.4, 0.5) is 0 Å². The zero-order valence-electron chi connectivity index (χ0n) is 14.6. The van der Waals surface area contributed by atoms with Crippen molar-refractivity contribution >= 4 is 16.2 Å². The number of hydrogen-bond acceptors (Lipinski definition) is 2. The molecular weight excluding hydrogens is 312 g/mol. The van der Waals surface area contributed by atoms with Gasteiger partial charge in [0.15, 0.2) is 0 Å². The Morgan fingerprint density at radius 3 is 2.21 bits per heavy atom. The molecule has 2 nitrogen and oxygen atoms in total. The fourth-order valence-electron chi connectivity index (χ4n) is 3.44. The van der Waals surface area contributed by atoms with Gasteiger partial charge in [-0.05, 0) is 60.6 Å². The van der Waals surface area contributed by atoms with Crippen LogP contribution in [0.2, 0.25) is 0 Å². The summed E-state index contributed by atoms with van der Waals surface area (Å²) in [5, 5.41) is 0. The average molecular weight is 339 g/mol. The minimum absolute atomic E-state index is 0.280. The SMILES string of the molecule is CC1CCC(c2ccc(C(=O)Oc3ccc(C[SiH3])cc3)cc2)CC1. The van der Waals surface area contributed by atoms with Crippen LogP contribution < -0.4 is 4.74 Å². The Bertz CT molecular complexity index is 668. The van der Waals surface area contributed by atoms with Crippen LogP contribution in [0.5, 0.6) is 5.75 Å². The van der Waals surface area contributed by atoms with Gasteiger partial charge in [0.2, 0.25) is 0 Å². The zero-order valence-corrected chi connectivity index (χ0v) is 16.6. The highest BCUT2D eigenvalue weighted by molar-refractivity contribution is 6.08. The molecule has 1 aliphatic rings. The van der Waals surface area contributed by atoms with Gasteiger partial charge in [-0.15, -0.1) is 0 Å². The predicted octanol–water partition coefficient (Wildman–Crippen LogP) is 4.06. The highest BCUT2D eigenvalue weighted by atomic mass is 28.1. The summed E-state index contributed by atoms with van der Waals surface area (Å²) in [6.45, 7) is 2.34. The molecule has 3 heteroatoms. The quantitative estimate of drug-likeness (QED) is 0.477. The summed E-state index contributed by atoms with van der Waals surface area (Å²) in [7, 11) is 1.15. The second-order valence-corrected chi connectivity index (χ2v) is 7.67. The second kappa shape index (κ2) is 7.80. The van der Waals surface area contributed by atoms with Gasteiger partial charge in [-0.2, -0.15) is 0 Å². The van der Waals surface area contributed by atoms with E-state index in [-0.39, 0.29) is 5.97 Å². The Hall–Kier alpha value is -1.87. The van der Waals surface area contributed by atoms with E-state index in [4.69, 9.17) is 4.74 Å². The molecule has 0 saturated heterocycles. The molecule has 0 N–H and O–H groups in total. The maximum Gasteiger partial charge on any atom is 0.343 e. The summed E-state index contributed by atoms with van der Waals surface area (Å²) < 4.78 is 5.47. The molecule has 1 aliphatic carbocycles. The number of carbonyl (C=O) groups is 1. The summed E-state index contributed by atoms with van der Waals surface area (Å²) in [5.74, 6) is 1.84. The van der Waals surface area contributed by atoms with Crippen molar-refractivity contribution in [3.63, 3.8) is 0 Å². The summed E-state index contributed by atoms with van der Waals surface area (Å²) >= 11 is 0. The Labute approximate surface area is 147 Å². The van der Waals surface area contributed by atoms with Gasteiger partial charge < -0.3 is 4.74 Å². The first-order valence-corrected chi connectivity index (χ1v) is 10.5. The summed E-state index contributed by atoms with van der Waals surface area (Å²) in [6, 6.07) is 16.9. The van der Waals surface area contributed by atoms with Crippen LogP contribution in [0.1, 0.15) is 60.0 Å². The predicted molar refractivity (Wildman–Crippen MR) is 102 cm³/mol. The maximum atomic E-state index is 12.3. The van der Waals surface area contributed by atoms with E-state index in [1.807, 2.05) is 36.4 Å². The lowest BCUT2D eigenvalue weighted by atomic mass is 9.79. The molecule has 1 saturated carbocycles. The van der Waals surface area contributed by atoms with Crippen molar-refractivity contribution in [3.05, 3.63) is 65.2 Å². The normalized spacial score (nSPS) is 20.7. The maximum absolute atomic E-state index is 12.3. The molecule has 0 radical (unpaired) electrons. The van der Waals surface area contributed by atoms with Gasteiger partial charge in [-0.1, -0.05) is 49.6 Å². The van der Waals surface area contributed by atoms with Crippen LogP contribution in [0.3, 0.4) is 0 Å². The lowest BCUT2D eigenvalue weighted by Crippen LogP contribution is -2.12. The van der Waals surface area contributed by atoms with Crippen molar-refractivity contribution < 1.29 is 9.53 Å². The molecule has 24 heavy (non-hydrogen) atoms. The summed E-state index contributed by atoms with van der Waals surface area (Å²) in [4.78, 5) is 12.3. The van der Waals surface area contributed by atoms with Crippen LogP contribution in [0.25, 0.3) is 0 Å². The number of ether oxygens (including phenoxy) is 1. The number of hydrogen-bond donors (Lipinski definition) is 0. The van der Waals surface area contributed by atoms with Gasteiger partial charge in [0.25, 0.3) is 0 Å². The molecule has 2 aromatic rings. The zero-order chi connectivity index (χ0) is 16.9.